The van der Waals surface area contributed by atoms with E-state index in [4.69, 9.17) is 5.11 Å². The summed E-state index contributed by atoms with van der Waals surface area (Å²) in [5, 5.41) is 13.0. The number of carbonyl (C=O) groups excluding carboxylic acids is 1. The van der Waals surface area contributed by atoms with E-state index in [-0.39, 0.29) is 12.6 Å². The first-order valence-electron chi connectivity index (χ1n) is 4.94. The molecule has 0 aliphatic rings. The minimum Gasteiger partial charge on any atom is -0.481 e. The monoisotopic (exact) mass is 256 g/mol. The number of halogens is 3. The summed E-state index contributed by atoms with van der Waals surface area (Å²) in [6.07, 6.45) is -4.83. The van der Waals surface area contributed by atoms with Crippen molar-refractivity contribution >= 4 is 11.9 Å². The van der Waals surface area contributed by atoms with Crippen molar-refractivity contribution in [3.05, 3.63) is 0 Å². The summed E-state index contributed by atoms with van der Waals surface area (Å²) in [6.45, 7) is 2.23. The fourth-order valence-electron chi connectivity index (χ4n) is 1.05. The van der Waals surface area contributed by atoms with Crippen LogP contribution < -0.4 is 10.6 Å². The fourth-order valence-corrected chi connectivity index (χ4v) is 1.05. The minimum atomic E-state index is -4.83. The summed E-state index contributed by atoms with van der Waals surface area (Å²) >= 11 is 0. The maximum atomic E-state index is 12.2. The van der Waals surface area contributed by atoms with Gasteiger partial charge in [0.05, 0.1) is 6.54 Å². The highest BCUT2D eigenvalue weighted by atomic mass is 19.4. The van der Waals surface area contributed by atoms with E-state index < -0.39 is 30.5 Å². The number of amides is 1. The maximum Gasteiger partial charge on any atom is 0.403 e. The predicted octanol–water partition coefficient (Wildman–Crippen LogP) is 0.364. The van der Waals surface area contributed by atoms with Gasteiger partial charge < -0.3 is 15.7 Å². The van der Waals surface area contributed by atoms with Crippen molar-refractivity contribution in [1.82, 2.24) is 10.6 Å². The highest BCUT2D eigenvalue weighted by Gasteiger charge is 2.44. The standard InChI is InChI=1S/C9H15F3N2O3/c1-5(2)14-7(15)4-13-3-6(8(16)17)9(10,11)12/h5-6,13H,3-4H2,1-2H3,(H,14,15)(H,16,17). The lowest BCUT2D eigenvalue weighted by molar-refractivity contribution is -0.192. The van der Waals surface area contributed by atoms with E-state index >= 15 is 0 Å². The van der Waals surface area contributed by atoms with Crippen LogP contribution in [0.5, 0.6) is 0 Å². The molecule has 0 saturated carbocycles. The van der Waals surface area contributed by atoms with Crippen molar-refractivity contribution in [1.29, 1.82) is 0 Å². The van der Waals surface area contributed by atoms with E-state index in [1.54, 1.807) is 13.8 Å². The summed E-state index contributed by atoms with van der Waals surface area (Å²) in [5.74, 6) is -4.95. The van der Waals surface area contributed by atoms with Crippen LogP contribution in [0.1, 0.15) is 13.8 Å². The van der Waals surface area contributed by atoms with Gasteiger partial charge in [0.1, 0.15) is 0 Å². The maximum absolute atomic E-state index is 12.2. The molecule has 17 heavy (non-hydrogen) atoms. The molecule has 0 bridgehead atoms. The van der Waals surface area contributed by atoms with Crippen LogP contribution in [0.15, 0.2) is 0 Å². The molecule has 0 radical (unpaired) electrons. The third-order valence-electron chi connectivity index (χ3n) is 1.78. The second-order valence-electron chi connectivity index (χ2n) is 3.79. The van der Waals surface area contributed by atoms with Gasteiger partial charge in [-0.15, -0.1) is 0 Å². The lowest BCUT2D eigenvalue weighted by Gasteiger charge is -2.16. The SMILES string of the molecule is CC(C)NC(=O)CNCC(C(=O)O)C(F)(F)F. The van der Waals surface area contributed by atoms with Crippen LogP contribution >= 0.6 is 0 Å². The van der Waals surface area contributed by atoms with Crippen LogP contribution in [0.3, 0.4) is 0 Å². The second-order valence-corrected chi connectivity index (χ2v) is 3.79. The van der Waals surface area contributed by atoms with E-state index in [0.29, 0.717) is 0 Å². The molecule has 0 aromatic heterocycles. The number of hydrogen-bond acceptors (Lipinski definition) is 3. The Balaban J connectivity index is 4.08. The van der Waals surface area contributed by atoms with Crippen LogP contribution in [0.2, 0.25) is 0 Å². The summed E-state index contributed by atoms with van der Waals surface area (Å²) in [7, 11) is 0. The lowest BCUT2D eigenvalue weighted by atomic mass is 10.1. The number of carboxylic acid groups (broad SMARTS) is 1. The molecule has 1 unspecified atom stereocenters. The third kappa shape index (κ3) is 6.77. The summed E-state index contributed by atoms with van der Waals surface area (Å²) in [4.78, 5) is 21.4. The lowest BCUT2D eigenvalue weighted by Crippen LogP contribution is -2.43. The van der Waals surface area contributed by atoms with Crippen molar-refractivity contribution in [2.24, 2.45) is 5.92 Å². The van der Waals surface area contributed by atoms with Crippen molar-refractivity contribution < 1.29 is 27.9 Å². The van der Waals surface area contributed by atoms with Gasteiger partial charge in [0.15, 0.2) is 5.92 Å². The van der Waals surface area contributed by atoms with Gasteiger partial charge in [0, 0.05) is 12.6 Å². The first-order chi connectivity index (χ1) is 7.64. The topological polar surface area (TPSA) is 78.4 Å². The van der Waals surface area contributed by atoms with Crippen molar-refractivity contribution in [2.75, 3.05) is 13.1 Å². The molecule has 0 rings (SSSR count). The molecule has 0 fully saturated rings. The second kappa shape index (κ2) is 6.43. The molecule has 100 valence electrons. The molecular weight excluding hydrogens is 241 g/mol. The zero-order valence-corrected chi connectivity index (χ0v) is 9.47. The van der Waals surface area contributed by atoms with Crippen molar-refractivity contribution in [2.45, 2.75) is 26.1 Å². The first kappa shape index (κ1) is 15.7. The molecule has 1 atom stereocenters. The molecule has 0 aromatic carbocycles. The van der Waals surface area contributed by atoms with Crippen LogP contribution in [0.4, 0.5) is 13.2 Å². The van der Waals surface area contributed by atoms with Crippen LogP contribution in [0, 0.1) is 5.92 Å². The van der Waals surface area contributed by atoms with Gasteiger partial charge in [-0.1, -0.05) is 0 Å². The number of alkyl halides is 3. The molecule has 0 heterocycles. The first-order valence-corrected chi connectivity index (χ1v) is 4.94. The molecule has 5 nitrogen and oxygen atoms in total. The minimum absolute atomic E-state index is 0.123. The molecule has 0 aliphatic carbocycles. The highest BCUT2D eigenvalue weighted by Crippen LogP contribution is 2.25. The van der Waals surface area contributed by atoms with Gasteiger partial charge in [-0.2, -0.15) is 13.2 Å². The van der Waals surface area contributed by atoms with E-state index in [1.165, 1.54) is 0 Å². The Kier molecular flexibility index (Phi) is 5.94. The number of hydrogen-bond donors (Lipinski definition) is 3. The fraction of sp³-hybridized carbons (Fsp3) is 0.778. The number of rotatable bonds is 6. The van der Waals surface area contributed by atoms with Gasteiger partial charge in [-0.25, -0.2) is 0 Å². The van der Waals surface area contributed by atoms with Gasteiger partial charge >= 0.3 is 12.1 Å². The van der Waals surface area contributed by atoms with Crippen molar-refractivity contribution in [3.63, 3.8) is 0 Å². The predicted molar refractivity (Wildman–Crippen MR) is 53.3 cm³/mol. The Morgan fingerprint density at radius 1 is 1.29 bits per heavy atom. The van der Waals surface area contributed by atoms with E-state index in [1.807, 2.05) is 0 Å². The van der Waals surface area contributed by atoms with E-state index in [0.717, 1.165) is 0 Å². The number of carbonyl (C=O) groups is 2. The quantitative estimate of drug-likeness (QED) is 0.641. The van der Waals surface area contributed by atoms with Gasteiger partial charge in [0.25, 0.3) is 0 Å². The van der Waals surface area contributed by atoms with Crippen LogP contribution in [0.25, 0.3) is 0 Å². The van der Waals surface area contributed by atoms with Gasteiger partial charge in [-0.05, 0) is 13.8 Å². The number of aliphatic carboxylic acids is 1. The summed E-state index contributed by atoms with van der Waals surface area (Å²) in [6, 6.07) is -0.123. The van der Waals surface area contributed by atoms with Gasteiger partial charge in [-0.3, -0.25) is 9.59 Å². The normalized spacial score (nSPS) is 13.5. The van der Waals surface area contributed by atoms with Crippen molar-refractivity contribution in [3.8, 4) is 0 Å². The number of carboxylic acids is 1. The molecule has 3 N–H and O–H groups in total. The molecule has 0 saturated heterocycles. The molecule has 0 aliphatic heterocycles. The Labute approximate surface area is 96.4 Å². The third-order valence-corrected chi connectivity index (χ3v) is 1.78. The Morgan fingerprint density at radius 3 is 2.18 bits per heavy atom. The van der Waals surface area contributed by atoms with Crippen LogP contribution in [-0.2, 0) is 9.59 Å². The highest BCUT2D eigenvalue weighted by molar-refractivity contribution is 5.78. The van der Waals surface area contributed by atoms with Gasteiger partial charge in [0.2, 0.25) is 5.91 Å². The van der Waals surface area contributed by atoms with E-state index in [9.17, 15) is 22.8 Å². The Morgan fingerprint density at radius 2 is 1.82 bits per heavy atom. The number of nitrogens with one attached hydrogen (secondary N) is 2. The Bertz CT molecular complexity index is 279. The average Bonchev–Trinajstić information content (AvgIpc) is 2.08. The van der Waals surface area contributed by atoms with E-state index in [2.05, 4.69) is 10.6 Å². The molecule has 8 heteroatoms. The molecular formula is C9H15F3N2O3. The zero-order valence-electron chi connectivity index (χ0n) is 9.47. The largest absolute Gasteiger partial charge is 0.481 e. The Hall–Kier alpha value is -1.31. The smallest absolute Gasteiger partial charge is 0.403 e. The van der Waals surface area contributed by atoms with Crippen LogP contribution in [-0.4, -0.2) is 42.3 Å². The summed E-state index contributed by atoms with van der Waals surface area (Å²) in [5.41, 5.74) is 0. The molecule has 1 amide bonds. The molecule has 0 aromatic rings. The summed E-state index contributed by atoms with van der Waals surface area (Å²) < 4.78 is 36.6. The average molecular weight is 256 g/mol. The zero-order chi connectivity index (χ0) is 13.6. The molecule has 0 spiro atoms.